The highest BCUT2D eigenvalue weighted by atomic mass is 32.2. The van der Waals surface area contributed by atoms with E-state index >= 15 is 0 Å². The summed E-state index contributed by atoms with van der Waals surface area (Å²) in [6.07, 6.45) is 3.80. The zero-order chi connectivity index (χ0) is 19.5. The zero-order valence-corrected chi connectivity index (χ0v) is 16.7. The first kappa shape index (κ1) is 19.4. The molecular formula is C20H28O5S. The van der Waals surface area contributed by atoms with Gasteiger partial charge in [-0.05, 0) is 72.6 Å². The van der Waals surface area contributed by atoms with Crippen LogP contribution in [0.25, 0.3) is 0 Å². The number of hydrogen-bond acceptors (Lipinski definition) is 3. The fourth-order valence-corrected chi connectivity index (χ4v) is 6.31. The number of aryl methyl sites for hydroxylation is 1. The van der Waals surface area contributed by atoms with Gasteiger partial charge >= 0.3 is 5.97 Å². The molecular weight excluding hydrogens is 352 g/mol. The van der Waals surface area contributed by atoms with Crippen molar-refractivity contribution in [2.75, 3.05) is 0 Å². The summed E-state index contributed by atoms with van der Waals surface area (Å²) in [6.45, 7) is 7.71. The molecule has 0 spiro atoms. The van der Waals surface area contributed by atoms with Crippen LogP contribution in [-0.4, -0.2) is 24.0 Å². The standard InChI is InChI=1S/C20H28O5S/c1-12(2)14-10-13-6-7-17-19(3,8-5-9-20(17,4)18(21)22)15(13)11-16(14)26(23,24)25/h10-12,17H,5-9H2,1-4H3,(H,21,22)(H,23,24,25)/t17?,19?,20-/m1/s1. The van der Waals surface area contributed by atoms with Gasteiger partial charge in [0.05, 0.1) is 10.3 Å². The van der Waals surface area contributed by atoms with Crippen molar-refractivity contribution >= 4 is 16.1 Å². The first-order valence-electron chi connectivity index (χ1n) is 9.29. The highest BCUT2D eigenvalue weighted by Crippen LogP contribution is 2.57. The van der Waals surface area contributed by atoms with Gasteiger partial charge in [-0.15, -0.1) is 0 Å². The van der Waals surface area contributed by atoms with Gasteiger partial charge in [0.25, 0.3) is 10.1 Å². The minimum Gasteiger partial charge on any atom is -0.481 e. The monoisotopic (exact) mass is 380 g/mol. The lowest BCUT2D eigenvalue weighted by Crippen LogP contribution is -2.52. The number of carbonyl (C=O) groups is 1. The third-order valence-corrected chi connectivity index (χ3v) is 7.78. The van der Waals surface area contributed by atoms with E-state index in [4.69, 9.17) is 0 Å². The number of rotatable bonds is 3. The van der Waals surface area contributed by atoms with E-state index in [0.717, 1.165) is 36.8 Å². The van der Waals surface area contributed by atoms with Gasteiger partial charge in [0, 0.05) is 0 Å². The fourth-order valence-electron chi connectivity index (χ4n) is 5.45. The average molecular weight is 381 g/mol. The van der Waals surface area contributed by atoms with Crippen LogP contribution >= 0.6 is 0 Å². The minimum absolute atomic E-state index is 0.0293. The molecule has 26 heavy (non-hydrogen) atoms. The summed E-state index contributed by atoms with van der Waals surface area (Å²) in [4.78, 5) is 12.0. The SMILES string of the molecule is CC(C)c1cc2c(cc1S(=O)(=O)O)C1(C)CCC[C@@](C)(C(=O)O)C1CC2. The number of aliphatic carboxylic acids is 1. The quantitative estimate of drug-likeness (QED) is 0.769. The molecule has 0 aliphatic heterocycles. The van der Waals surface area contributed by atoms with Crippen LogP contribution in [0.4, 0.5) is 0 Å². The van der Waals surface area contributed by atoms with Crippen molar-refractivity contribution < 1.29 is 22.9 Å². The van der Waals surface area contributed by atoms with Crippen molar-refractivity contribution in [1.29, 1.82) is 0 Å². The summed E-state index contributed by atoms with van der Waals surface area (Å²) in [5, 5.41) is 9.86. The van der Waals surface area contributed by atoms with Crippen LogP contribution in [0.1, 0.15) is 76.0 Å². The van der Waals surface area contributed by atoms with Crippen molar-refractivity contribution in [3.63, 3.8) is 0 Å². The number of carboxylic acids is 1. The molecule has 1 aromatic rings. The van der Waals surface area contributed by atoms with Gasteiger partial charge in [-0.2, -0.15) is 8.42 Å². The lowest BCUT2D eigenvalue weighted by atomic mass is 9.50. The lowest BCUT2D eigenvalue weighted by molar-refractivity contribution is -0.157. The van der Waals surface area contributed by atoms with Crippen molar-refractivity contribution in [3.05, 3.63) is 28.8 Å². The second-order valence-electron chi connectivity index (χ2n) is 8.76. The predicted molar refractivity (Wildman–Crippen MR) is 99.1 cm³/mol. The first-order chi connectivity index (χ1) is 11.9. The molecule has 0 bridgehead atoms. The third-order valence-electron chi connectivity index (χ3n) is 6.87. The Kier molecular flexibility index (Phi) is 4.51. The Labute approximate surface area is 155 Å². The molecule has 3 rings (SSSR count). The van der Waals surface area contributed by atoms with Gasteiger partial charge < -0.3 is 5.11 Å². The van der Waals surface area contributed by atoms with E-state index in [1.54, 1.807) is 6.07 Å². The molecule has 0 heterocycles. The molecule has 6 heteroatoms. The van der Waals surface area contributed by atoms with Crippen LogP contribution in [-0.2, 0) is 26.7 Å². The molecule has 0 aromatic heterocycles. The molecule has 2 unspecified atom stereocenters. The summed E-state index contributed by atoms with van der Waals surface area (Å²) in [5.41, 5.74) is 1.42. The van der Waals surface area contributed by atoms with E-state index < -0.39 is 26.9 Å². The maximum absolute atomic E-state index is 12.0. The second kappa shape index (κ2) is 6.06. The first-order valence-corrected chi connectivity index (χ1v) is 10.7. The van der Waals surface area contributed by atoms with Crippen molar-refractivity contribution in [1.82, 2.24) is 0 Å². The summed E-state index contributed by atoms with van der Waals surface area (Å²) in [7, 11) is -4.34. The van der Waals surface area contributed by atoms with Gasteiger partial charge in [0.2, 0.25) is 0 Å². The largest absolute Gasteiger partial charge is 0.481 e. The Bertz CT molecular complexity index is 857. The molecule has 2 N–H and O–H groups in total. The van der Waals surface area contributed by atoms with Gasteiger partial charge in [0.1, 0.15) is 0 Å². The predicted octanol–water partition coefficient (Wildman–Crippen LogP) is 4.15. The Hall–Kier alpha value is -1.40. The Morgan fingerprint density at radius 1 is 1.23 bits per heavy atom. The van der Waals surface area contributed by atoms with E-state index in [9.17, 15) is 22.9 Å². The van der Waals surface area contributed by atoms with Gasteiger partial charge in [0.15, 0.2) is 0 Å². The maximum Gasteiger partial charge on any atom is 0.309 e. The van der Waals surface area contributed by atoms with Crippen molar-refractivity contribution in [2.45, 2.75) is 76.0 Å². The smallest absolute Gasteiger partial charge is 0.309 e. The van der Waals surface area contributed by atoms with E-state index in [-0.39, 0.29) is 16.7 Å². The highest BCUT2D eigenvalue weighted by Gasteiger charge is 2.55. The lowest BCUT2D eigenvalue weighted by Gasteiger charge is -2.53. The number of hydrogen-bond donors (Lipinski definition) is 2. The van der Waals surface area contributed by atoms with Crippen LogP contribution in [0.15, 0.2) is 17.0 Å². The van der Waals surface area contributed by atoms with Crippen LogP contribution < -0.4 is 0 Å². The van der Waals surface area contributed by atoms with Crippen molar-refractivity contribution in [2.24, 2.45) is 11.3 Å². The number of carboxylic acid groups (broad SMARTS) is 1. The fraction of sp³-hybridized carbons (Fsp3) is 0.650. The molecule has 3 atom stereocenters. The molecule has 5 nitrogen and oxygen atoms in total. The summed E-state index contributed by atoms with van der Waals surface area (Å²) in [5.74, 6) is -0.850. The van der Waals surface area contributed by atoms with Crippen LogP contribution in [0.5, 0.6) is 0 Å². The third kappa shape index (κ3) is 2.78. The normalized spacial score (nSPS) is 31.4. The minimum atomic E-state index is -4.34. The van der Waals surface area contributed by atoms with Crippen LogP contribution in [0.2, 0.25) is 0 Å². The number of benzene rings is 1. The molecule has 0 saturated heterocycles. The van der Waals surface area contributed by atoms with E-state index in [1.807, 2.05) is 26.8 Å². The van der Waals surface area contributed by atoms with E-state index in [0.29, 0.717) is 12.0 Å². The molecule has 1 aromatic carbocycles. The van der Waals surface area contributed by atoms with Crippen LogP contribution in [0.3, 0.4) is 0 Å². The molecule has 2 aliphatic rings. The van der Waals surface area contributed by atoms with Gasteiger partial charge in [-0.3, -0.25) is 9.35 Å². The average Bonchev–Trinajstić information content (AvgIpc) is 2.52. The molecule has 0 amide bonds. The van der Waals surface area contributed by atoms with Crippen LogP contribution in [0, 0.1) is 11.3 Å². The molecule has 1 fully saturated rings. The van der Waals surface area contributed by atoms with Gasteiger partial charge in [-0.25, -0.2) is 0 Å². The molecule has 2 aliphatic carbocycles. The number of fused-ring (bicyclic) bond motifs is 3. The second-order valence-corrected chi connectivity index (χ2v) is 10.2. The molecule has 1 saturated carbocycles. The topological polar surface area (TPSA) is 91.7 Å². The van der Waals surface area contributed by atoms with E-state index in [2.05, 4.69) is 6.92 Å². The van der Waals surface area contributed by atoms with Crippen molar-refractivity contribution in [3.8, 4) is 0 Å². The molecule has 0 radical (unpaired) electrons. The summed E-state index contributed by atoms with van der Waals surface area (Å²) in [6, 6.07) is 3.54. The van der Waals surface area contributed by atoms with E-state index in [1.165, 1.54) is 0 Å². The summed E-state index contributed by atoms with van der Waals surface area (Å²) >= 11 is 0. The Morgan fingerprint density at radius 2 is 1.88 bits per heavy atom. The summed E-state index contributed by atoms with van der Waals surface area (Å²) < 4.78 is 33.8. The highest BCUT2D eigenvalue weighted by molar-refractivity contribution is 7.85. The Morgan fingerprint density at radius 3 is 2.42 bits per heavy atom. The maximum atomic E-state index is 12.0. The zero-order valence-electron chi connectivity index (χ0n) is 15.9. The molecule has 144 valence electrons. The Balaban J connectivity index is 2.24. The van der Waals surface area contributed by atoms with Gasteiger partial charge in [-0.1, -0.05) is 33.3 Å².